The first kappa shape index (κ1) is 11.1. The number of imide groups is 1. The lowest BCUT2D eigenvalue weighted by atomic mass is 10.1. The van der Waals surface area contributed by atoms with Gasteiger partial charge in [0.2, 0.25) is 12.0 Å². The first-order valence-corrected chi connectivity index (χ1v) is 4.95. The van der Waals surface area contributed by atoms with Gasteiger partial charge in [0, 0.05) is 18.2 Å². The average molecular weight is 234 g/mol. The van der Waals surface area contributed by atoms with E-state index >= 15 is 0 Å². The van der Waals surface area contributed by atoms with E-state index in [4.69, 9.17) is 4.74 Å². The van der Waals surface area contributed by atoms with E-state index in [0.29, 0.717) is 11.3 Å². The number of carbonyl (C=O) groups excluding carboxylic acids is 3. The van der Waals surface area contributed by atoms with Gasteiger partial charge in [0.1, 0.15) is 0 Å². The molecule has 0 radical (unpaired) electrons. The second-order valence-corrected chi connectivity index (χ2v) is 3.58. The minimum Gasteiger partial charge on any atom is -0.431 e. The lowest BCUT2D eigenvalue weighted by molar-refractivity contribution is -0.123. The van der Waals surface area contributed by atoms with Crippen LogP contribution in [0.1, 0.15) is 18.6 Å². The molecule has 1 aliphatic heterocycles. The molecule has 1 aliphatic rings. The number of rotatable bonds is 2. The van der Waals surface area contributed by atoms with E-state index in [0.717, 1.165) is 0 Å². The molecular weight excluding hydrogens is 224 g/mol. The summed E-state index contributed by atoms with van der Waals surface area (Å²) in [6.45, 7) is 1.40. The van der Waals surface area contributed by atoms with E-state index < -0.39 is 18.1 Å². The highest BCUT2D eigenvalue weighted by atomic mass is 16.6. The van der Waals surface area contributed by atoms with Gasteiger partial charge in [0.15, 0.2) is 0 Å². The van der Waals surface area contributed by atoms with Gasteiger partial charge in [-0.1, -0.05) is 12.1 Å². The molecule has 0 aromatic heterocycles. The van der Waals surface area contributed by atoms with Crippen molar-refractivity contribution in [2.75, 3.05) is 5.32 Å². The van der Waals surface area contributed by atoms with Gasteiger partial charge >= 0.3 is 6.09 Å². The molecule has 2 N–H and O–H groups in total. The predicted molar refractivity (Wildman–Crippen MR) is 58.1 cm³/mol. The van der Waals surface area contributed by atoms with Crippen molar-refractivity contribution in [1.29, 1.82) is 0 Å². The Morgan fingerprint density at radius 3 is 2.41 bits per heavy atom. The fourth-order valence-electron chi connectivity index (χ4n) is 1.52. The van der Waals surface area contributed by atoms with Gasteiger partial charge in [-0.25, -0.2) is 4.79 Å². The number of carbonyl (C=O) groups is 3. The maximum absolute atomic E-state index is 11.3. The van der Waals surface area contributed by atoms with Crippen molar-refractivity contribution in [1.82, 2.24) is 5.32 Å². The highest BCUT2D eigenvalue weighted by Gasteiger charge is 2.33. The van der Waals surface area contributed by atoms with Crippen molar-refractivity contribution in [3.8, 4) is 0 Å². The minimum absolute atomic E-state index is 0.178. The van der Waals surface area contributed by atoms with Crippen LogP contribution in [-0.2, 0) is 14.3 Å². The van der Waals surface area contributed by atoms with Crippen molar-refractivity contribution in [3.05, 3.63) is 29.8 Å². The molecule has 6 heteroatoms. The fraction of sp³-hybridized carbons (Fsp3) is 0.182. The number of benzene rings is 1. The Hall–Kier alpha value is -2.37. The Labute approximate surface area is 96.9 Å². The van der Waals surface area contributed by atoms with Crippen molar-refractivity contribution < 1.29 is 19.1 Å². The van der Waals surface area contributed by atoms with Crippen LogP contribution >= 0.6 is 0 Å². The van der Waals surface area contributed by atoms with Crippen LogP contribution in [0.5, 0.6) is 0 Å². The van der Waals surface area contributed by atoms with Gasteiger partial charge in [-0.2, -0.15) is 0 Å². The Kier molecular flexibility index (Phi) is 2.78. The van der Waals surface area contributed by atoms with Crippen LogP contribution in [0.3, 0.4) is 0 Å². The van der Waals surface area contributed by atoms with Crippen molar-refractivity contribution in [2.45, 2.75) is 13.0 Å². The summed E-state index contributed by atoms with van der Waals surface area (Å²) < 4.78 is 4.79. The Bertz CT molecular complexity index is 481. The molecular formula is C11H10N2O4. The molecule has 0 aliphatic carbocycles. The number of cyclic esters (lactones) is 1. The van der Waals surface area contributed by atoms with E-state index in [-0.39, 0.29) is 5.91 Å². The number of hydrogen-bond acceptors (Lipinski definition) is 4. The average Bonchev–Trinajstić information content (AvgIpc) is 2.58. The van der Waals surface area contributed by atoms with Gasteiger partial charge in [-0.05, 0) is 12.1 Å². The molecule has 1 fully saturated rings. The number of nitrogens with one attached hydrogen (secondary N) is 2. The molecule has 1 saturated heterocycles. The number of amides is 3. The highest BCUT2D eigenvalue weighted by molar-refractivity contribution is 6.00. The molecule has 17 heavy (non-hydrogen) atoms. The van der Waals surface area contributed by atoms with E-state index in [1.807, 2.05) is 5.32 Å². The molecule has 1 unspecified atom stereocenters. The summed E-state index contributed by atoms with van der Waals surface area (Å²) >= 11 is 0. The summed E-state index contributed by atoms with van der Waals surface area (Å²) in [7, 11) is 0. The lowest BCUT2D eigenvalue weighted by Gasteiger charge is -2.07. The molecule has 2 rings (SSSR count). The number of alkyl carbamates (subject to hydrolysis) is 1. The standard InChI is InChI=1S/C11H10N2O4/c1-6(14)12-8-4-2-7(3-5-8)9-10(15)13-11(16)17-9/h2-5,9H,1H3,(H,12,14)(H,13,15,16). The fourth-order valence-corrected chi connectivity index (χ4v) is 1.52. The van der Waals surface area contributed by atoms with Crippen molar-refractivity contribution >= 4 is 23.6 Å². The Morgan fingerprint density at radius 1 is 1.29 bits per heavy atom. The quantitative estimate of drug-likeness (QED) is 0.797. The van der Waals surface area contributed by atoms with Crippen LogP contribution in [-0.4, -0.2) is 17.9 Å². The van der Waals surface area contributed by atoms with Gasteiger partial charge < -0.3 is 10.1 Å². The molecule has 1 atom stereocenters. The normalized spacial score (nSPS) is 18.5. The summed E-state index contributed by atoms with van der Waals surface area (Å²) in [6, 6.07) is 6.51. The van der Waals surface area contributed by atoms with Crippen molar-refractivity contribution in [2.24, 2.45) is 0 Å². The SMILES string of the molecule is CC(=O)Nc1ccc(C2OC(=O)NC2=O)cc1. The van der Waals surface area contributed by atoms with Crippen LogP contribution in [0.25, 0.3) is 0 Å². The van der Waals surface area contributed by atoms with Gasteiger partial charge in [-0.3, -0.25) is 14.9 Å². The molecule has 1 aromatic rings. The molecule has 3 amide bonds. The highest BCUT2D eigenvalue weighted by Crippen LogP contribution is 2.23. The third-order valence-electron chi connectivity index (χ3n) is 2.22. The van der Waals surface area contributed by atoms with Gasteiger partial charge in [-0.15, -0.1) is 0 Å². The summed E-state index contributed by atoms with van der Waals surface area (Å²) in [5.41, 5.74) is 1.17. The maximum Gasteiger partial charge on any atom is 0.415 e. The second kappa shape index (κ2) is 4.25. The van der Waals surface area contributed by atoms with E-state index in [9.17, 15) is 14.4 Å². The molecule has 1 heterocycles. The summed E-state index contributed by atoms with van der Waals surface area (Å²) in [5, 5.41) is 4.64. The summed E-state index contributed by atoms with van der Waals surface area (Å²) in [5.74, 6) is -0.662. The van der Waals surface area contributed by atoms with E-state index in [2.05, 4.69) is 5.32 Å². The van der Waals surface area contributed by atoms with Gasteiger partial charge in [0.25, 0.3) is 5.91 Å². The molecule has 0 spiro atoms. The first-order chi connectivity index (χ1) is 8.06. The molecule has 88 valence electrons. The summed E-state index contributed by atoms with van der Waals surface area (Å²) in [6.07, 6.45) is -1.65. The lowest BCUT2D eigenvalue weighted by Crippen LogP contribution is -2.20. The molecule has 0 saturated carbocycles. The van der Waals surface area contributed by atoms with E-state index in [1.54, 1.807) is 24.3 Å². The predicted octanol–water partition coefficient (Wildman–Crippen LogP) is 0.952. The monoisotopic (exact) mass is 234 g/mol. The zero-order chi connectivity index (χ0) is 12.4. The molecule has 6 nitrogen and oxygen atoms in total. The van der Waals surface area contributed by atoms with Crippen LogP contribution in [0.15, 0.2) is 24.3 Å². The summed E-state index contributed by atoms with van der Waals surface area (Å²) in [4.78, 5) is 33.0. The molecule has 1 aromatic carbocycles. The Morgan fingerprint density at radius 2 is 1.94 bits per heavy atom. The van der Waals surface area contributed by atoms with Crippen LogP contribution in [0.2, 0.25) is 0 Å². The second-order valence-electron chi connectivity index (χ2n) is 3.58. The number of ether oxygens (including phenoxy) is 1. The Balaban J connectivity index is 2.15. The van der Waals surface area contributed by atoms with E-state index in [1.165, 1.54) is 6.92 Å². The zero-order valence-corrected chi connectivity index (χ0v) is 9.02. The minimum atomic E-state index is -0.908. The topological polar surface area (TPSA) is 84.5 Å². The van der Waals surface area contributed by atoms with Crippen LogP contribution in [0, 0.1) is 0 Å². The van der Waals surface area contributed by atoms with Crippen LogP contribution < -0.4 is 10.6 Å². The molecule has 0 bridgehead atoms. The third-order valence-corrected chi connectivity index (χ3v) is 2.22. The number of hydrogen-bond donors (Lipinski definition) is 2. The van der Waals surface area contributed by atoms with Crippen molar-refractivity contribution in [3.63, 3.8) is 0 Å². The number of anilines is 1. The largest absolute Gasteiger partial charge is 0.431 e. The first-order valence-electron chi connectivity index (χ1n) is 4.95. The van der Waals surface area contributed by atoms with Crippen LogP contribution in [0.4, 0.5) is 10.5 Å². The third kappa shape index (κ3) is 2.41. The van der Waals surface area contributed by atoms with Gasteiger partial charge in [0.05, 0.1) is 0 Å². The zero-order valence-electron chi connectivity index (χ0n) is 9.02. The smallest absolute Gasteiger partial charge is 0.415 e. The maximum atomic E-state index is 11.3.